The smallest absolute Gasteiger partial charge is 0.112 e. The Hall–Kier alpha value is -0.650. The van der Waals surface area contributed by atoms with Gasteiger partial charge in [0.15, 0.2) is 0 Å². The summed E-state index contributed by atoms with van der Waals surface area (Å²) in [6.45, 7) is 6.44. The highest BCUT2D eigenvalue weighted by molar-refractivity contribution is 7.09. The minimum Gasteiger partial charge on any atom is -0.387 e. The third-order valence-electron chi connectivity index (χ3n) is 3.21. The van der Waals surface area contributed by atoms with Crippen molar-refractivity contribution in [3.05, 3.63) is 49.9 Å². The van der Waals surface area contributed by atoms with Crippen molar-refractivity contribution in [3.8, 4) is 0 Å². The van der Waals surface area contributed by atoms with Gasteiger partial charge in [-0.05, 0) is 32.9 Å². The second kappa shape index (κ2) is 6.63. The van der Waals surface area contributed by atoms with Gasteiger partial charge in [0.2, 0.25) is 0 Å². The molecule has 2 N–H and O–H groups in total. The van der Waals surface area contributed by atoms with Crippen molar-refractivity contribution >= 4 is 34.5 Å². The van der Waals surface area contributed by atoms with Crippen LogP contribution in [-0.4, -0.2) is 16.6 Å². The van der Waals surface area contributed by atoms with E-state index in [1.54, 1.807) is 29.5 Å². The molecule has 0 saturated carbocycles. The SMILES string of the molecule is Cc1csc(C(C)(C)NCC(O)c2ccc(Cl)cc2Cl)n1. The van der Waals surface area contributed by atoms with Crippen LogP contribution in [-0.2, 0) is 5.54 Å². The van der Waals surface area contributed by atoms with E-state index in [9.17, 15) is 5.11 Å². The number of aliphatic hydroxyl groups is 1. The first-order chi connectivity index (χ1) is 9.79. The van der Waals surface area contributed by atoms with Crippen molar-refractivity contribution in [2.75, 3.05) is 6.54 Å². The molecule has 21 heavy (non-hydrogen) atoms. The Bertz CT molecular complexity index is 628. The van der Waals surface area contributed by atoms with Crippen LogP contribution in [0.15, 0.2) is 23.6 Å². The lowest BCUT2D eigenvalue weighted by atomic mass is 10.0. The number of hydrogen-bond donors (Lipinski definition) is 2. The van der Waals surface area contributed by atoms with Crippen LogP contribution in [0.4, 0.5) is 0 Å². The summed E-state index contributed by atoms with van der Waals surface area (Å²) in [6.07, 6.45) is -0.699. The third-order valence-corrected chi connectivity index (χ3v) is 5.06. The predicted molar refractivity (Wildman–Crippen MR) is 89.3 cm³/mol. The fourth-order valence-electron chi connectivity index (χ4n) is 1.95. The quantitative estimate of drug-likeness (QED) is 0.848. The van der Waals surface area contributed by atoms with Crippen LogP contribution in [0, 0.1) is 6.92 Å². The first-order valence-corrected chi connectivity index (χ1v) is 8.24. The van der Waals surface area contributed by atoms with Gasteiger partial charge in [-0.15, -0.1) is 11.3 Å². The zero-order valence-electron chi connectivity index (χ0n) is 12.2. The van der Waals surface area contributed by atoms with Crippen LogP contribution in [0.1, 0.15) is 36.2 Å². The van der Waals surface area contributed by atoms with Gasteiger partial charge in [-0.2, -0.15) is 0 Å². The average molecular weight is 345 g/mol. The molecule has 1 atom stereocenters. The van der Waals surface area contributed by atoms with Gasteiger partial charge in [0.25, 0.3) is 0 Å². The minimum atomic E-state index is -0.699. The number of thiazole rings is 1. The molecule has 2 rings (SSSR count). The molecule has 0 spiro atoms. The average Bonchev–Trinajstić information content (AvgIpc) is 2.84. The van der Waals surface area contributed by atoms with Crippen LogP contribution < -0.4 is 5.32 Å². The van der Waals surface area contributed by atoms with Crippen LogP contribution in [0.5, 0.6) is 0 Å². The van der Waals surface area contributed by atoms with Gasteiger partial charge in [0.1, 0.15) is 5.01 Å². The summed E-state index contributed by atoms with van der Waals surface area (Å²) in [7, 11) is 0. The Kier molecular flexibility index (Phi) is 5.28. The second-order valence-corrected chi connectivity index (χ2v) is 7.18. The predicted octanol–water partition coefficient (Wildman–Crippen LogP) is 4.32. The number of benzene rings is 1. The fraction of sp³-hybridized carbons (Fsp3) is 0.400. The molecule has 0 aliphatic heterocycles. The molecule has 0 radical (unpaired) electrons. The molecule has 0 aliphatic rings. The number of nitrogens with zero attached hydrogens (tertiary/aromatic N) is 1. The largest absolute Gasteiger partial charge is 0.387 e. The maximum Gasteiger partial charge on any atom is 0.112 e. The fourth-order valence-corrected chi connectivity index (χ4v) is 3.38. The Morgan fingerprint density at radius 2 is 2.10 bits per heavy atom. The number of halogens is 2. The molecule has 0 saturated heterocycles. The molecular formula is C15H18Cl2N2OS. The molecule has 1 heterocycles. The lowest BCUT2D eigenvalue weighted by Gasteiger charge is -2.26. The zero-order chi connectivity index (χ0) is 15.6. The van der Waals surface area contributed by atoms with Gasteiger partial charge in [-0.25, -0.2) is 4.98 Å². The maximum atomic E-state index is 10.3. The monoisotopic (exact) mass is 344 g/mol. The van der Waals surface area contributed by atoms with Crippen molar-refractivity contribution in [2.45, 2.75) is 32.4 Å². The van der Waals surface area contributed by atoms with Crippen molar-refractivity contribution in [3.63, 3.8) is 0 Å². The summed E-state index contributed by atoms with van der Waals surface area (Å²) in [5.41, 5.74) is 1.37. The van der Waals surface area contributed by atoms with E-state index in [0.717, 1.165) is 10.7 Å². The van der Waals surface area contributed by atoms with E-state index >= 15 is 0 Å². The van der Waals surface area contributed by atoms with Gasteiger partial charge in [0.05, 0.1) is 11.6 Å². The molecule has 0 bridgehead atoms. The van der Waals surface area contributed by atoms with Crippen LogP contribution in [0.25, 0.3) is 0 Å². The summed E-state index contributed by atoms with van der Waals surface area (Å²) in [4.78, 5) is 4.49. The Morgan fingerprint density at radius 1 is 1.38 bits per heavy atom. The molecule has 6 heteroatoms. The molecule has 3 nitrogen and oxygen atoms in total. The summed E-state index contributed by atoms with van der Waals surface area (Å²) in [5, 5.41) is 17.7. The minimum absolute atomic E-state index is 0.307. The number of nitrogens with one attached hydrogen (secondary N) is 1. The van der Waals surface area contributed by atoms with Crippen molar-refractivity contribution in [1.29, 1.82) is 0 Å². The summed E-state index contributed by atoms with van der Waals surface area (Å²) in [6, 6.07) is 5.11. The highest BCUT2D eigenvalue weighted by atomic mass is 35.5. The molecule has 0 aliphatic carbocycles. The molecule has 1 aromatic carbocycles. The molecule has 0 fully saturated rings. The van der Waals surface area contributed by atoms with Gasteiger partial charge in [0, 0.05) is 33.2 Å². The van der Waals surface area contributed by atoms with Crippen LogP contribution >= 0.6 is 34.5 Å². The van der Waals surface area contributed by atoms with E-state index in [-0.39, 0.29) is 5.54 Å². The van der Waals surface area contributed by atoms with Crippen LogP contribution in [0.2, 0.25) is 10.0 Å². The van der Waals surface area contributed by atoms with E-state index in [1.165, 1.54) is 0 Å². The van der Waals surface area contributed by atoms with Crippen LogP contribution in [0.3, 0.4) is 0 Å². The number of rotatable bonds is 5. The normalized spacial score (nSPS) is 13.4. The van der Waals surface area contributed by atoms with E-state index in [1.807, 2.05) is 26.2 Å². The highest BCUT2D eigenvalue weighted by Crippen LogP contribution is 2.28. The van der Waals surface area contributed by atoms with E-state index in [2.05, 4.69) is 10.3 Å². The van der Waals surface area contributed by atoms with E-state index in [4.69, 9.17) is 23.2 Å². The molecule has 2 aromatic rings. The molecular weight excluding hydrogens is 327 g/mol. The number of aryl methyl sites for hydroxylation is 1. The zero-order valence-corrected chi connectivity index (χ0v) is 14.5. The molecule has 1 unspecified atom stereocenters. The Morgan fingerprint density at radius 3 is 2.67 bits per heavy atom. The maximum absolute atomic E-state index is 10.3. The Labute approximate surface area is 138 Å². The second-order valence-electron chi connectivity index (χ2n) is 5.48. The van der Waals surface area contributed by atoms with Gasteiger partial charge < -0.3 is 10.4 Å². The number of hydrogen-bond acceptors (Lipinski definition) is 4. The number of aliphatic hydroxyl groups excluding tert-OH is 1. The van der Waals surface area contributed by atoms with E-state index < -0.39 is 6.10 Å². The lowest BCUT2D eigenvalue weighted by Crippen LogP contribution is -2.39. The van der Waals surface area contributed by atoms with Gasteiger partial charge in [-0.3, -0.25) is 0 Å². The van der Waals surface area contributed by atoms with Gasteiger partial charge >= 0.3 is 0 Å². The standard InChI is InChI=1S/C15H18Cl2N2OS/c1-9-8-21-14(19-9)15(2,3)18-7-13(20)11-5-4-10(16)6-12(11)17/h4-6,8,13,18,20H,7H2,1-3H3. The highest BCUT2D eigenvalue weighted by Gasteiger charge is 2.25. The third kappa shape index (κ3) is 4.18. The lowest BCUT2D eigenvalue weighted by molar-refractivity contribution is 0.161. The summed E-state index contributed by atoms with van der Waals surface area (Å²) < 4.78 is 0. The van der Waals surface area contributed by atoms with E-state index in [0.29, 0.717) is 22.2 Å². The van der Waals surface area contributed by atoms with Crippen molar-refractivity contribution in [2.24, 2.45) is 0 Å². The Balaban J connectivity index is 2.05. The van der Waals surface area contributed by atoms with Gasteiger partial charge in [-0.1, -0.05) is 29.3 Å². The first kappa shape index (κ1) is 16.7. The summed E-state index contributed by atoms with van der Waals surface area (Å²) >= 11 is 13.6. The number of aromatic nitrogens is 1. The summed E-state index contributed by atoms with van der Waals surface area (Å²) in [5.74, 6) is 0. The topological polar surface area (TPSA) is 45.1 Å². The van der Waals surface area contributed by atoms with Crippen molar-refractivity contribution in [1.82, 2.24) is 10.3 Å². The first-order valence-electron chi connectivity index (χ1n) is 6.60. The molecule has 114 valence electrons. The molecule has 1 aromatic heterocycles. The van der Waals surface area contributed by atoms with Crippen molar-refractivity contribution < 1.29 is 5.11 Å². The molecule has 0 amide bonds.